The standard InChI is InChI=1S/C19H18F3NO2/c20-14-6-4-13(5-7-14)12-23(15-8-10-25-11-9-15)19(24)16-2-1-3-17(21)18(16)22/h1-7,15H,8-12H2. The summed E-state index contributed by atoms with van der Waals surface area (Å²) >= 11 is 0. The van der Waals surface area contributed by atoms with Gasteiger partial charge in [-0.25, -0.2) is 13.2 Å². The Morgan fingerprint density at radius 3 is 2.40 bits per heavy atom. The van der Waals surface area contributed by atoms with Crippen molar-refractivity contribution in [3.63, 3.8) is 0 Å². The molecule has 1 saturated heterocycles. The van der Waals surface area contributed by atoms with E-state index in [0.717, 1.165) is 11.6 Å². The van der Waals surface area contributed by atoms with Gasteiger partial charge < -0.3 is 9.64 Å². The Labute approximate surface area is 144 Å². The highest BCUT2D eigenvalue weighted by atomic mass is 19.2. The molecule has 2 aromatic rings. The van der Waals surface area contributed by atoms with E-state index in [-0.39, 0.29) is 24.0 Å². The first-order chi connectivity index (χ1) is 12.1. The fourth-order valence-corrected chi connectivity index (χ4v) is 2.97. The van der Waals surface area contributed by atoms with E-state index < -0.39 is 17.5 Å². The quantitative estimate of drug-likeness (QED) is 0.837. The number of carbonyl (C=O) groups excluding carboxylic acids is 1. The predicted molar refractivity (Wildman–Crippen MR) is 86.5 cm³/mol. The lowest BCUT2D eigenvalue weighted by atomic mass is 10.0. The molecule has 2 aromatic carbocycles. The maximum atomic E-state index is 14.1. The molecule has 0 N–H and O–H groups in total. The molecule has 1 amide bonds. The molecule has 1 heterocycles. The summed E-state index contributed by atoms with van der Waals surface area (Å²) in [4.78, 5) is 14.4. The van der Waals surface area contributed by atoms with Crippen LogP contribution >= 0.6 is 0 Å². The first-order valence-electron chi connectivity index (χ1n) is 8.13. The molecule has 0 saturated carbocycles. The predicted octanol–water partition coefficient (Wildman–Crippen LogP) is 3.93. The molecule has 0 radical (unpaired) electrons. The number of benzene rings is 2. The van der Waals surface area contributed by atoms with Crippen molar-refractivity contribution in [2.45, 2.75) is 25.4 Å². The van der Waals surface area contributed by atoms with Crippen molar-refractivity contribution in [3.05, 3.63) is 71.0 Å². The maximum absolute atomic E-state index is 14.1. The van der Waals surface area contributed by atoms with Crippen molar-refractivity contribution in [3.8, 4) is 0 Å². The average molecular weight is 349 g/mol. The first-order valence-corrected chi connectivity index (χ1v) is 8.13. The zero-order valence-corrected chi connectivity index (χ0v) is 13.6. The number of nitrogens with zero attached hydrogens (tertiary/aromatic N) is 1. The molecule has 0 atom stereocenters. The lowest BCUT2D eigenvalue weighted by molar-refractivity contribution is 0.0264. The first kappa shape index (κ1) is 17.5. The molecule has 1 fully saturated rings. The van der Waals surface area contributed by atoms with Crippen LogP contribution in [0.4, 0.5) is 13.2 Å². The Morgan fingerprint density at radius 2 is 1.72 bits per heavy atom. The van der Waals surface area contributed by atoms with E-state index in [0.29, 0.717) is 26.1 Å². The molecular weight excluding hydrogens is 331 g/mol. The summed E-state index contributed by atoms with van der Waals surface area (Å²) in [5, 5.41) is 0. The molecule has 132 valence electrons. The summed E-state index contributed by atoms with van der Waals surface area (Å²) in [7, 11) is 0. The van der Waals surface area contributed by atoms with Crippen LogP contribution in [0.3, 0.4) is 0 Å². The van der Waals surface area contributed by atoms with E-state index in [2.05, 4.69) is 0 Å². The fourth-order valence-electron chi connectivity index (χ4n) is 2.97. The van der Waals surface area contributed by atoms with Gasteiger partial charge >= 0.3 is 0 Å². The van der Waals surface area contributed by atoms with Gasteiger partial charge in [-0.05, 0) is 42.7 Å². The van der Waals surface area contributed by atoms with Crippen LogP contribution in [0.2, 0.25) is 0 Å². The van der Waals surface area contributed by atoms with E-state index in [1.807, 2.05) is 0 Å². The van der Waals surface area contributed by atoms with Crippen LogP contribution in [0.15, 0.2) is 42.5 Å². The van der Waals surface area contributed by atoms with Crippen molar-refractivity contribution < 1.29 is 22.7 Å². The van der Waals surface area contributed by atoms with Crippen LogP contribution in [0, 0.1) is 17.5 Å². The molecular formula is C19H18F3NO2. The number of rotatable bonds is 4. The Hall–Kier alpha value is -2.34. The fraction of sp³-hybridized carbons (Fsp3) is 0.316. The molecule has 0 bridgehead atoms. The molecule has 3 rings (SSSR count). The third kappa shape index (κ3) is 4.02. The zero-order chi connectivity index (χ0) is 17.8. The van der Waals surface area contributed by atoms with Gasteiger partial charge in [0.1, 0.15) is 5.82 Å². The summed E-state index contributed by atoms with van der Waals surface area (Å²) in [6.45, 7) is 1.20. The third-order valence-electron chi connectivity index (χ3n) is 4.34. The van der Waals surface area contributed by atoms with Crippen molar-refractivity contribution in [1.82, 2.24) is 4.90 Å². The van der Waals surface area contributed by atoms with Gasteiger partial charge in [-0.3, -0.25) is 4.79 Å². The molecule has 0 aromatic heterocycles. The van der Waals surface area contributed by atoms with E-state index in [4.69, 9.17) is 4.74 Å². The van der Waals surface area contributed by atoms with Gasteiger partial charge in [-0.1, -0.05) is 18.2 Å². The normalized spacial score (nSPS) is 15.2. The van der Waals surface area contributed by atoms with Crippen LogP contribution in [0.25, 0.3) is 0 Å². The Kier molecular flexibility index (Phi) is 5.38. The second kappa shape index (κ2) is 7.70. The molecule has 0 unspecified atom stereocenters. The molecule has 6 heteroatoms. The number of hydrogen-bond donors (Lipinski definition) is 0. The number of halogens is 3. The maximum Gasteiger partial charge on any atom is 0.257 e. The average Bonchev–Trinajstić information content (AvgIpc) is 2.64. The van der Waals surface area contributed by atoms with Gasteiger partial charge in [-0.15, -0.1) is 0 Å². The summed E-state index contributed by atoms with van der Waals surface area (Å²) in [5.74, 6) is -3.15. The molecule has 1 aliphatic heterocycles. The Bertz CT molecular complexity index is 743. The van der Waals surface area contributed by atoms with E-state index in [9.17, 15) is 18.0 Å². The lowest BCUT2D eigenvalue weighted by Crippen LogP contribution is -2.43. The summed E-state index contributed by atoms with van der Waals surface area (Å²) in [5.41, 5.74) is 0.423. The number of carbonyl (C=O) groups is 1. The van der Waals surface area contributed by atoms with Gasteiger partial charge in [0.2, 0.25) is 0 Å². The van der Waals surface area contributed by atoms with Crippen LogP contribution in [0.1, 0.15) is 28.8 Å². The van der Waals surface area contributed by atoms with Crippen molar-refractivity contribution >= 4 is 5.91 Å². The Balaban J connectivity index is 1.90. The van der Waals surface area contributed by atoms with Crippen molar-refractivity contribution in [1.29, 1.82) is 0 Å². The minimum atomic E-state index is -1.15. The highest BCUT2D eigenvalue weighted by molar-refractivity contribution is 5.94. The minimum absolute atomic E-state index is 0.144. The van der Waals surface area contributed by atoms with Gasteiger partial charge in [0.15, 0.2) is 11.6 Å². The Morgan fingerprint density at radius 1 is 1.04 bits per heavy atom. The summed E-state index contributed by atoms with van der Waals surface area (Å²) in [6.07, 6.45) is 1.23. The van der Waals surface area contributed by atoms with Crippen molar-refractivity contribution in [2.24, 2.45) is 0 Å². The zero-order valence-electron chi connectivity index (χ0n) is 13.6. The van der Waals surface area contributed by atoms with Crippen LogP contribution in [0.5, 0.6) is 0 Å². The lowest BCUT2D eigenvalue weighted by Gasteiger charge is -2.34. The number of amides is 1. The number of hydrogen-bond acceptors (Lipinski definition) is 2. The van der Waals surface area contributed by atoms with Gasteiger partial charge in [0.05, 0.1) is 5.56 Å². The minimum Gasteiger partial charge on any atom is -0.381 e. The van der Waals surface area contributed by atoms with E-state index >= 15 is 0 Å². The topological polar surface area (TPSA) is 29.5 Å². The molecule has 25 heavy (non-hydrogen) atoms. The summed E-state index contributed by atoms with van der Waals surface area (Å²) in [6, 6.07) is 9.20. The van der Waals surface area contributed by atoms with Gasteiger partial charge in [0, 0.05) is 25.8 Å². The molecule has 0 aliphatic carbocycles. The number of ether oxygens (including phenoxy) is 1. The van der Waals surface area contributed by atoms with Crippen LogP contribution in [-0.2, 0) is 11.3 Å². The summed E-state index contributed by atoms with van der Waals surface area (Å²) < 4.78 is 46.0. The SMILES string of the molecule is O=C(c1cccc(F)c1F)N(Cc1ccc(F)cc1)C1CCOCC1. The van der Waals surface area contributed by atoms with E-state index in [1.54, 1.807) is 12.1 Å². The van der Waals surface area contributed by atoms with Crippen LogP contribution in [-0.4, -0.2) is 30.1 Å². The highest BCUT2D eigenvalue weighted by Crippen LogP contribution is 2.22. The van der Waals surface area contributed by atoms with Gasteiger partial charge in [0.25, 0.3) is 5.91 Å². The van der Waals surface area contributed by atoms with E-state index in [1.165, 1.54) is 29.2 Å². The third-order valence-corrected chi connectivity index (χ3v) is 4.34. The van der Waals surface area contributed by atoms with Gasteiger partial charge in [-0.2, -0.15) is 0 Å². The smallest absolute Gasteiger partial charge is 0.257 e. The van der Waals surface area contributed by atoms with Crippen LogP contribution < -0.4 is 0 Å². The second-order valence-corrected chi connectivity index (χ2v) is 6.00. The molecule has 3 nitrogen and oxygen atoms in total. The monoisotopic (exact) mass is 349 g/mol. The highest BCUT2D eigenvalue weighted by Gasteiger charge is 2.29. The second-order valence-electron chi connectivity index (χ2n) is 6.00. The molecule has 0 spiro atoms. The van der Waals surface area contributed by atoms with Crippen molar-refractivity contribution in [2.75, 3.05) is 13.2 Å². The molecule has 1 aliphatic rings. The largest absolute Gasteiger partial charge is 0.381 e.